The Bertz CT molecular complexity index is 899. The Kier molecular flexibility index (Phi) is 7.26. The van der Waals surface area contributed by atoms with Crippen molar-refractivity contribution in [2.75, 3.05) is 36.3 Å². The number of hydrogen-bond donors (Lipinski definition) is 2. The molecule has 9 heteroatoms. The highest BCUT2D eigenvalue weighted by molar-refractivity contribution is 6.36. The molecule has 0 bridgehead atoms. The standard InChI is InChI=1S/C21H28Cl2N6O/c1-13-12-24-20(27-19(13)28(2)3)25-15-6-8-16(9-7-15)26-21(30)29(4)18-10-5-14(22)11-17(18)23/h5,10-12,15-16H,6-9H2,1-4H3,(H,26,30)(H,24,25,27)/t15-,16+. The van der Waals surface area contributed by atoms with E-state index in [9.17, 15) is 4.79 Å². The highest BCUT2D eigenvalue weighted by atomic mass is 35.5. The van der Waals surface area contributed by atoms with Gasteiger partial charge in [-0.25, -0.2) is 9.78 Å². The van der Waals surface area contributed by atoms with E-state index in [2.05, 4.69) is 20.6 Å². The second-order valence-electron chi connectivity index (χ2n) is 7.89. The van der Waals surface area contributed by atoms with Crippen LogP contribution in [0.15, 0.2) is 24.4 Å². The fraction of sp³-hybridized carbons (Fsp3) is 0.476. The smallest absolute Gasteiger partial charge is 0.321 e. The van der Waals surface area contributed by atoms with E-state index in [0.29, 0.717) is 27.7 Å². The Labute approximate surface area is 187 Å². The molecule has 2 aromatic rings. The molecule has 1 aromatic carbocycles. The molecule has 30 heavy (non-hydrogen) atoms. The number of rotatable bonds is 5. The molecule has 3 rings (SSSR count). The van der Waals surface area contributed by atoms with E-state index in [0.717, 1.165) is 37.1 Å². The molecule has 1 aromatic heterocycles. The van der Waals surface area contributed by atoms with Gasteiger partial charge in [-0.05, 0) is 50.8 Å². The molecule has 1 heterocycles. The first-order valence-corrected chi connectivity index (χ1v) is 10.8. The summed E-state index contributed by atoms with van der Waals surface area (Å²) in [6.45, 7) is 2.00. The molecular weight excluding hydrogens is 423 g/mol. The van der Waals surface area contributed by atoms with Crippen LogP contribution in [0.2, 0.25) is 10.0 Å². The zero-order valence-corrected chi connectivity index (χ0v) is 19.3. The molecule has 0 spiro atoms. The van der Waals surface area contributed by atoms with Gasteiger partial charge < -0.3 is 15.5 Å². The van der Waals surface area contributed by atoms with Crippen LogP contribution in [0.1, 0.15) is 31.2 Å². The lowest BCUT2D eigenvalue weighted by molar-refractivity contribution is 0.238. The van der Waals surface area contributed by atoms with Gasteiger partial charge in [-0.2, -0.15) is 4.98 Å². The van der Waals surface area contributed by atoms with Crippen molar-refractivity contribution in [2.24, 2.45) is 0 Å². The molecule has 0 unspecified atom stereocenters. The van der Waals surface area contributed by atoms with Gasteiger partial charge in [-0.3, -0.25) is 4.90 Å². The first kappa shape index (κ1) is 22.4. The number of urea groups is 1. The van der Waals surface area contributed by atoms with Gasteiger partial charge >= 0.3 is 6.03 Å². The summed E-state index contributed by atoms with van der Waals surface area (Å²) in [4.78, 5) is 25.2. The molecular formula is C21H28Cl2N6O. The van der Waals surface area contributed by atoms with Crippen molar-refractivity contribution < 1.29 is 4.79 Å². The van der Waals surface area contributed by atoms with Crippen LogP contribution in [0, 0.1) is 6.92 Å². The predicted molar refractivity (Wildman–Crippen MR) is 124 cm³/mol. The van der Waals surface area contributed by atoms with Gasteiger partial charge in [0.25, 0.3) is 0 Å². The van der Waals surface area contributed by atoms with E-state index in [4.69, 9.17) is 23.2 Å². The first-order chi connectivity index (χ1) is 14.2. The van der Waals surface area contributed by atoms with Gasteiger partial charge in [-0.1, -0.05) is 23.2 Å². The Hall–Kier alpha value is -2.25. The second-order valence-corrected chi connectivity index (χ2v) is 8.74. The Balaban J connectivity index is 1.52. The second kappa shape index (κ2) is 9.71. The Morgan fingerprint density at radius 3 is 2.40 bits per heavy atom. The fourth-order valence-electron chi connectivity index (χ4n) is 3.65. The molecule has 2 amide bonds. The van der Waals surface area contributed by atoms with Crippen molar-refractivity contribution in [3.8, 4) is 0 Å². The van der Waals surface area contributed by atoms with Crippen LogP contribution in [0.4, 0.5) is 22.2 Å². The van der Waals surface area contributed by atoms with E-state index < -0.39 is 0 Å². The van der Waals surface area contributed by atoms with Crippen LogP contribution in [0.25, 0.3) is 0 Å². The van der Waals surface area contributed by atoms with Crippen LogP contribution in [-0.4, -0.2) is 49.2 Å². The lowest BCUT2D eigenvalue weighted by Crippen LogP contribution is -2.45. The third-order valence-electron chi connectivity index (χ3n) is 5.33. The number of carbonyl (C=O) groups is 1. The van der Waals surface area contributed by atoms with E-state index in [1.807, 2.05) is 32.1 Å². The van der Waals surface area contributed by atoms with Crippen molar-refractivity contribution in [3.63, 3.8) is 0 Å². The highest BCUT2D eigenvalue weighted by Gasteiger charge is 2.25. The van der Waals surface area contributed by atoms with Crippen molar-refractivity contribution in [1.82, 2.24) is 15.3 Å². The van der Waals surface area contributed by atoms with Gasteiger partial charge in [0.05, 0.1) is 10.7 Å². The molecule has 2 N–H and O–H groups in total. The number of aryl methyl sites for hydroxylation is 1. The third-order valence-corrected chi connectivity index (χ3v) is 5.87. The summed E-state index contributed by atoms with van der Waals surface area (Å²) >= 11 is 12.2. The quantitative estimate of drug-likeness (QED) is 0.688. The molecule has 1 aliphatic rings. The average Bonchev–Trinajstić information content (AvgIpc) is 2.70. The van der Waals surface area contributed by atoms with Gasteiger partial charge in [0.15, 0.2) is 0 Å². The van der Waals surface area contributed by atoms with Crippen LogP contribution in [0.3, 0.4) is 0 Å². The zero-order chi connectivity index (χ0) is 21.8. The van der Waals surface area contributed by atoms with E-state index >= 15 is 0 Å². The van der Waals surface area contributed by atoms with Crippen LogP contribution in [-0.2, 0) is 0 Å². The van der Waals surface area contributed by atoms with Gasteiger partial charge in [0, 0.05) is 50.0 Å². The van der Waals surface area contributed by atoms with Gasteiger partial charge in [0.1, 0.15) is 5.82 Å². The first-order valence-electron chi connectivity index (χ1n) is 10.0. The van der Waals surface area contributed by atoms with Crippen molar-refractivity contribution in [2.45, 2.75) is 44.7 Å². The number of carbonyl (C=O) groups excluding carboxylic acids is 1. The number of halogens is 2. The normalized spacial score (nSPS) is 18.6. The minimum atomic E-state index is -0.173. The topological polar surface area (TPSA) is 73.4 Å². The lowest BCUT2D eigenvalue weighted by atomic mass is 9.91. The minimum Gasteiger partial charge on any atom is -0.362 e. The SMILES string of the molecule is Cc1cnc(N[C@H]2CC[C@@H](NC(=O)N(C)c3ccc(Cl)cc3Cl)CC2)nc1N(C)C. The summed E-state index contributed by atoms with van der Waals surface area (Å²) in [6.07, 6.45) is 5.49. The van der Waals surface area contributed by atoms with E-state index in [1.54, 1.807) is 25.2 Å². The maximum absolute atomic E-state index is 12.6. The summed E-state index contributed by atoms with van der Waals surface area (Å²) in [5.41, 5.74) is 1.67. The zero-order valence-electron chi connectivity index (χ0n) is 17.7. The number of nitrogens with zero attached hydrogens (tertiary/aromatic N) is 4. The number of hydrogen-bond acceptors (Lipinski definition) is 5. The number of benzene rings is 1. The molecule has 0 aliphatic heterocycles. The number of aromatic nitrogens is 2. The van der Waals surface area contributed by atoms with Crippen LogP contribution >= 0.6 is 23.2 Å². The number of anilines is 3. The third kappa shape index (κ3) is 5.46. The summed E-state index contributed by atoms with van der Waals surface area (Å²) in [7, 11) is 5.65. The van der Waals surface area contributed by atoms with Crippen molar-refractivity contribution in [1.29, 1.82) is 0 Å². The number of nitrogens with one attached hydrogen (secondary N) is 2. The fourth-order valence-corrected chi connectivity index (χ4v) is 4.19. The summed E-state index contributed by atoms with van der Waals surface area (Å²) in [5, 5.41) is 7.53. The van der Waals surface area contributed by atoms with Crippen molar-refractivity contribution >= 4 is 46.7 Å². The summed E-state index contributed by atoms with van der Waals surface area (Å²) in [5.74, 6) is 1.56. The summed E-state index contributed by atoms with van der Waals surface area (Å²) in [6, 6.07) is 5.34. The minimum absolute atomic E-state index is 0.125. The maximum Gasteiger partial charge on any atom is 0.321 e. The van der Waals surface area contributed by atoms with Crippen LogP contribution < -0.4 is 20.4 Å². The highest BCUT2D eigenvalue weighted by Crippen LogP contribution is 2.28. The Morgan fingerprint density at radius 1 is 1.10 bits per heavy atom. The van der Waals surface area contributed by atoms with E-state index in [1.165, 1.54) is 4.90 Å². The molecule has 0 saturated heterocycles. The molecule has 0 radical (unpaired) electrons. The predicted octanol–water partition coefficient (Wildman–Crippen LogP) is 4.73. The number of amides is 2. The van der Waals surface area contributed by atoms with E-state index in [-0.39, 0.29) is 12.1 Å². The van der Waals surface area contributed by atoms with Crippen LogP contribution in [0.5, 0.6) is 0 Å². The molecule has 1 saturated carbocycles. The molecule has 7 nitrogen and oxygen atoms in total. The Morgan fingerprint density at radius 2 is 1.77 bits per heavy atom. The van der Waals surface area contributed by atoms with Gasteiger partial charge in [0.2, 0.25) is 5.95 Å². The van der Waals surface area contributed by atoms with Crippen molar-refractivity contribution in [3.05, 3.63) is 40.0 Å². The molecule has 1 aliphatic carbocycles. The van der Waals surface area contributed by atoms with Gasteiger partial charge in [-0.15, -0.1) is 0 Å². The molecule has 0 atom stereocenters. The molecule has 162 valence electrons. The lowest BCUT2D eigenvalue weighted by Gasteiger charge is -2.31. The monoisotopic (exact) mass is 450 g/mol. The largest absolute Gasteiger partial charge is 0.362 e. The summed E-state index contributed by atoms with van der Waals surface area (Å²) < 4.78 is 0. The maximum atomic E-state index is 12.6. The average molecular weight is 451 g/mol. The molecule has 1 fully saturated rings.